The monoisotopic (exact) mass is 695 g/mol. The normalized spacial score (nSPS) is 12.0. The number of nitrogens with zero attached hydrogens (tertiary/aromatic N) is 2. The summed E-state index contributed by atoms with van der Waals surface area (Å²) in [7, 11) is -4.20. The van der Waals surface area contributed by atoms with Crippen molar-refractivity contribution in [2.45, 2.75) is 50.7 Å². The van der Waals surface area contributed by atoms with E-state index in [9.17, 15) is 18.0 Å². The van der Waals surface area contributed by atoms with E-state index in [0.717, 1.165) is 25.5 Å². The minimum absolute atomic E-state index is 0.0291. The van der Waals surface area contributed by atoms with Crippen LogP contribution in [0.4, 0.5) is 5.69 Å². The number of benzene rings is 4. The number of sulfonamides is 1. The van der Waals surface area contributed by atoms with Gasteiger partial charge in [-0.2, -0.15) is 0 Å². The molecule has 0 radical (unpaired) electrons. The number of hydrogen-bond acceptors (Lipinski definition) is 4. The molecule has 230 valence electrons. The number of amides is 2. The molecular weight excluding hydrogens is 662 g/mol. The maximum Gasteiger partial charge on any atom is 0.264 e. The molecule has 0 aromatic heterocycles. The van der Waals surface area contributed by atoms with E-state index in [4.69, 9.17) is 11.6 Å². The Hall–Kier alpha value is -3.66. The highest BCUT2D eigenvalue weighted by Crippen LogP contribution is 2.29. The first-order valence-corrected chi connectivity index (χ1v) is 16.8. The van der Waals surface area contributed by atoms with E-state index in [1.165, 1.54) is 23.1 Å². The van der Waals surface area contributed by atoms with Crippen molar-refractivity contribution in [2.75, 3.05) is 10.8 Å². The number of carbonyl (C=O) groups is 2. The largest absolute Gasteiger partial charge is 0.352 e. The van der Waals surface area contributed by atoms with Crippen molar-refractivity contribution < 1.29 is 18.0 Å². The second-order valence-corrected chi connectivity index (χ2v) is 14.0. The lowest BCUT2D eigenvalue weighted by Gasteiger charge is -2.34. The molecule has 0 heterocycles. The van der Waals surface area contributed by atoms with Crippen LogP contribution in [0.1, 0.15) is 30.5 Å². The van der Waals surface area contributed by atoms with Crippen LogP contribution in [-0.2, 0) is 32.6 Å². The lowest BCUT2D eigenvalue weighted by atomic mass is 10.0. The Labute approximate surface area is 273 Å². The molecule has 0 saturated carbocycles. The number of anilines is 1. The Morgan fingerprint density at radius 1 is 0.864 bits per heavy atom. The number of aryl methyl sites for hydroxylation is 1. The fourth-order valence-electron chi connectivity index (χ4n) is 4.75. The maximum absolute atomic E-state index is 14.5. The Kier molecular flexibility index (Phi) is 11.2. The van der Waals surface area contributed by atoms with Gasteiger partial charge in [-0.15, -0.1) is 0 Å². The molecule has 0 unspecified atom stereocenters. The van der Waals surface area contributed by atoms with E-state index >= 15 is 0 Å². The van der Waals surface area contributed by atoms with Crippen LogP contribution in [0.3, 0.4) is 0 Å². The van der Waals surface area contributed by atoms with Gasteiger partial charge < -0.3 is 10.2 Å². The molecule has 0 aliphatic rings. The molecule has 0 bridgehead atoms. The molecule has 4 rings (SSSR count). The molecule has 0 spiro atoms. The molecule has 0 aliphatic heterocycles. The van der Waals surface area contributed by atoms with Crippen molar-refractivity contribution in [3.63, 3.8) is 0 Å². The first kappa shape index (κ1) is 33.2. The second-order valence-electron chi connectivity index (χ2n) is 10.8. The molecule has 0 aliphatic carbocycles. The fraction of sp³-hybridized carbons (Fsp3) is 0.235. The first-order valence-electron chi connectivity index (χ1n) is 14.2. The molecular formula is C34H35BrClN3O4S. The number of hydrogen-bond donors (Lipinski definition) is 1. The van der Waals surface area contributed by atoms with Crippen LogP contribution in [0.15, 0.2) is 112 Å². The number of halogens is 2. The maximum atomic E-state index is 14.5. The van der Waals surface area contributed by atoms with Crippen LogP contribution >= 0.6 is 27.5 Å². The van der Waals surface area contributed by atoms with Gasteiger partial charge in [0.1, 0.15) is 12.6 Å². The third kappa shape index (κ3) is 8.49. The number of rotatable bonds is 12. The van der Waals surface area contributed by atoms with Crippen molar-refractivity contribution in [1.29, 1.82) is 0 Å². The Morgan fingerprint density at radius 2 is 1.50 bits per heavy atom. The average molecular weight is 697 g/mol. The van der Waals surface area contributed by atoms with Crippen LogP contribution in [0, 0.1) is 6.92 Å². The van der Waals surface area contributed by atoms with Crippen LogP contribution in [0.2, 0.25) is 5.02 Å². The van der Waals surface area contributed by atoms with E-state index in [0.29, 0.717) is 5.02 Å². The molecule has 7 nitrogen and oxygen atoms in total. The summed E-state index contributed by atoms with van der Waals surface area (Å²) in [5.41, 5.74) is 2.65. The third-order valence-electron chi connectivity index (χ3n) is 7.00. The van der Waals surface area contributed by atoms with E-state index in [1.807, 2.05) is 75.4 Å². The van der Waals surface area contributed by atoms with E-state index in [2.05, 4.69) is 21.2 Å². The van der Waals surface area contributed by atoms with Gasteiger partial charge >= 0.3 is 0 Å². The van der Waals surface area contributed by atoms with Crippen LogP contribution in [0.25, 0.3) is 0 Å². The van der Waals surface area contributed by atoms with Crippen LogP contribution < -0.4 is 9.62 Å². The van der Waals surface area contributed by atoms with Gasteiger partial charge in [-0.3, -0.25) is 13.9 Å². The summed E-state index contributed by atoms with van der Waals surface area (Å²) in [5, 5.41) is 3.33. The fourth-order valence-corrected chi connectivity index (χ4v) is 6.80. The van der Waals surface area contributed by atoms with Gasteiger partial charge in [-0.05, 0) is 73.9 Å². The van der Waals surface area contributed by atoms with Crippen molar-refractivity contribution in [3.05, 3.63) is 129 Å². The van der Waals surface area contributed by atoms with Gasteiger partial charge in [0.05, 0.1) is 10.6 Å². The summed E-state index contributed by atoms with van der Waals surface area (Å²) in [6, 6.07) is 28.6. The zero-order valence-corrected chi connectivity index (χ0v) is 27.9. The van der Waals surface area contributed by atoms with Gasteiger partial charge in [0.15, 0.2) is 0 Å². The third-order valence-corrected chi connectivity index (χ3v) is 9.69. The quantitative estimate of drug-likeness (QED) is 0.177. The van der Waals surface area contributed by atoms with Crippen molar-refractivity contribution >= 4 is 55.1 Å². The summed E-state index contributed by atoms with van der Waals surface area (Å²) in [4.78, 5) is 29.7. The molecule has 0 saturated heterocycles. The number of carbonyl (C=O) groups excluding carboxylic acids is 2. The average Bonchev–Trinajstić information content (AvgIpc) is 2.99. The van der Waals surface area contributed by atoms with E-state index in [1.54, 1.807) is 30.3 Å². The minimum atomic E-state index is -4.20. The van der Waals surface area contributed by atoms with Crippen molar-refractivity contribution in [2.24, 2.45) is 0 Å². The predicted molar refractivity (Wildman–Crippen MR) is 179 cm³/mol. The van der Waals surface area contributed by atoms with Crippen molar-refractivity contribution in [3.8, 4) is 0 Å². The zero-order valence-electron chi connectivity index (χ0n) is 24.8. The summed E-state index contributed by atoms with van der Waals surface area (Å²) < 4.78 is 30.0. The summed E-state index contributed by atoms with van der Waals surface area (Å²) in [5.74, 6) is -0.871. The highest BCUT2D eigenvalue weighted by Gasteiger charge is 2.35. The van der Waals surface area contributed by atoms with Crippen LogP contribution in [0.5, 0.6) is 0 Å². The molecule has 1 N–H and O–H groups in total. The highest BCUT2D eigenvalue weighted by molar-refractivity contribution is 9.10. The highest BCUT2D eigenvalue weighted by atomic mass is 79.9. The lowest BCUT2D eigenvalue weighted by molar-refractivity contribution is -0.140. The summed E-state index contributed by atoms with van der Waals surface area (Å²) in [6.07, 6.45) is 0.237. The Balaban J connectivity index is 1.82. The predicted octanol–water partition coefficient (Wildman–Crippen LogP) is 6.77. The number of nitrogens with one attached hydrogen (secondary N) is 1. The van der Waals surface area contributed by atoms with Crippen LogP contribution in [-0.4, -0.2) is 43.8 Å². The minimum Gasteiger partial charge on any atom is -0.352 e. The van der Waals surface area contributed by atoms with E-state index < -0.39 is 28.5 Å². The van der Waals surface area contributed by atoms with E-state index in [-0.39, 0.29) is 35.5 Å². The molecule has 44 heavy (non-hydrogen) atoms. The van der Waals surface area contributed by atoms with Gasteiger partial charge in [0, 0.05) is 28.5 Å². The Morgan fingerprint density at radius 3 is 2.11 bits per heavy atom. The molecule has 4 aromatic carbocycles. The van der Waals surface area contributed by atoms with Crippen molar-refractivity contribution in [1.82, 2.24) is 10.2 Å². The smallest absolute Gasteiger partial charge is 0.264 e. The molecule has 4 aromatic rings. The van der Waals surface area contributed by atoms with Gasteiger partial charge in [0.25, 0.3) is 10.0 Å². The zero-order chi connectivity index (χ0) is 31.9. The molecule has 10 heteroatoms. The van der Waals surface area contributed by atoms with Gasteiger partial charge in [0.2, 0.25) is 11.8 Å². The SMILES string of the molecule is Cc1ccc(N(CC(=O)N(Cc2cccc(Br)c2)[C@H](Cc2ccccc2)C(=O)NC(C)C)S(=O)(=O)c2ccccc2)cc1Cl. The first-order chi connectivity index (χ1) is 21.0. The molecule has 2 amide bonds. The molecule has 0 fully saturated rings. The van der Waals surface area contributed by atoms with Gasteiger partial charge in [-0.1, -0.05) is 94.3 Å². The summed E-state index contributed by atoms with van der Waals surface area (Å²) in [6.45, 7) is 5.05. The summed E-state index contributed by atoms with van der Waals surface area (Å²) >= 11 is 9.93. The standard InChI is InChI=1S/C34H35BrClN3O4S/c1-24(2)37-34(41)32(20-26-11-6-4-7-12-26)38(22-27-13-10-14-28(35)19-27)33(40)23-39(29-18-17-25(3)31(36)21-29)44(42,43)30-15-8-5-9-16-30/h4-19,21,24,32H,20,22-23H2,1-3H3,(H,37,41)/t32-/m1/s1. The Bertz CT molecular complexity index is 1700. The topological polar surface area (TPSA) is 86.8 Å². The van der Waals surface area contributed by atoms with Gasteiger partial charge in [-0.25, -0.2) is 8.42 Å². The lowest BCUT2D eigenvalue weighted by Crippen LogP contribution is -2.54. The second kappa shape index (κ2) is 14.9. The molecule has 1 atom stereocenters.